The molecule has 0 aliphatic carbocycles. The van der Waals surface area contributed by atoms with Crippen LogP contribution in [0.15, 0.2) is 5.11 Å². The molecule has 10 nitrogen and oxygen atoms in total. The van der Waals surface area contributed by atoms with E-state index in [4.69, 9.17) is 29.2 Å². The predicted molar refractivity (Wildman–Crippen MR) is 75.1 cm³/mol. The van der Waals surface area contributed by atoms with E-state index < -0.39 is 36.6 Å². The molecule has 1 amide bonds. The van der Waals surface area contributed by atoms with Gasteiger partial charge in [0, 0.05) is 33.4 Å². The van der Waals surface area contributed by atoms with Gasteiger partial charge in [-0.1, -0.05) is 5.11 Å². The highest BCUT2D eigenvalue weighted by atomic mass is 16.7. The average Bonchev–Trinajstić information content (AvgIpc) is 2.53. The van der Waals surface area contributed by atoms with Crippen molar-refractivity contribution in [2.75, 3.05) is 41.6 Å². The Morgan fingerprint density at radius 3 is 2.41 bits per heavy atom. The number of nitrogens with zero attached hydrogens (tertiary/aromatic N) is 3. The van der Waals surface area contributed by atoms with Gasteiger partial charge >= 0.3 is 0 Å². The second kappa shape index (κ2) is 9.57. The smallest absolute Gasteiger partial charge is 0.226 e. The zero-order valence-corrected chi connectivity index (χ0v) is 13.1. The number of rotatable bonds is 8. The molecule has 1 heterocycles. The first-order chi connectivity index (χ1) is 10.6. The van der Waals surface area contributed by atoms with E-state index in [0.29, 0.717) is 0 Å². The third-order valence-electron chi connectivity index (χ3n) is 3.36. The minimum Gasteiger partial charge on any atom is -0.382 e. The fourth-order valence-electron chi connectivity index (χ4n) is 2.45. The largest absolute Gasteiger partial charge is 0.382 e. The van der Waals surface area contributed by atoms with Crippen molar-refractivity contribution in [3.8, 4) is 0 Å². The molecule has 0 saturated carbocycles. The zero-order valence-electron chi connectivity index (χ0n) is 13.1. The molecular formula is C12H22N4O6. The molecule has 1 saturated heterocycles. The highest BCUT2D eigenvalue weighted by molar-refractivity contribution is 5.78. The Bertz CT molecular complexity index is 403. The Hall–Kier alpha value is -1.42. The van der Waals surface area contributed by atoms with E-state index in [-0.39, 0.29) is 13.2 Å². The van der Waals surface area contributed by atoms with Crippen LogP contribution in [0.1, 0.15) is 0 Å². The van der Waals surface area contributed by atoms with Crippen molar-refractivity contribution < 1.29 is 28.5 Å². The first-order valence-electron chi connectivity index (χ1n) is 6.65. The summed E-state index contributed by atoms with van der Waals surface area (Å²) in [5.41, 5.74) is 8.26. The molecule has 22 heavy (non-hydrogen) atoms. The summed E-state index contributed by atoms with van der Waals surface area (Å²) < 4.78 is 27.0. The summed E-state index contributed by atoms with van der Waals surface area (Å²) in [5, 5.41) is 5.90. The van der Waals surface area contributed by atoms with Gasteiger partial charge in [-0.15, -0.1) is 0 Å². The van der Waals surface area contributed by atoms with Crippen LogP contribution < -0.4 is 5.32 Å². The minimum atomic E-state index is -0.744. The van der Waals surface area contributed by atoms with Gasteiger partial charge in [-0.2, -0.15) is 0 Å². The number of carbonyl (C=O) groups is 1. The van der Waals surface area contributed by atoms with Crippen LogP contribution in [-0.4, -0.2) is 78.1 Å². The van der Waals surface area contributed by atoms with E-state index in [1.807, 2.05) is 0 Å². The molecule has 0 radical (unpaired) electrons. The van der Waals surface area contributed by atoms with Crippen molar-refractivity contribution in [2.45, 2.75) is 30.6 Å². The van der Waals surface area contributed by atoms with Crippen LogP contribution in [-0.2, 0) is 28.5 Å². The Morgan fingerprint density at radius 1 is 1.23 bits per heavy atom. The van der Waals surface area contributed by atoms with Gasteiger partial charge in [0.2, 0.25) is 5.91 Å². The normalized spacial score (nSPS) is 31.4. The van der Waals surface area contributed by atoms with Crippen LogP contribution >= 0.6 is 0 Å². The maximum absolute atomic E-state index is 11.8. The lowest BCUT2D eigenvalue weighted by Crippen LogP contribution is -2.65. The van der Waals surface area contributed by atoms with Crippen LogP contribution in [0, 0.1) is 0 Å². The van der Waals surface area contributed by atoms with Crippen LogP contribution in [0.4, 0.5) is 0 Å². The molecule has 5 unspecified atom stereocenters. The molecule has 0 bridgehead atoms. The van der Waals surface area contributed by atoms with Gasteiger partial charge in [0.15, 0.2) is 6.29 Å². The lowest BCUT2D eigenvalue weighted by molar-refractivity contribution is -0.272. The monoisotopic (exact) mass is 318 g/mol. The molecule has 126 valence electrons. The lowest BCUT2D eigenvalue weighted by Gasteiger charge is -2.44. The molecule has 1 fully saturated rings. The predicted octanol–water partition coefficient (Wildman–Crippen LogP) is -0.171. The Labute approximate surface area is 128 Å². The van der Waals surface area contributed by atoms with Gasteiger partial charge in [-0.25, -0.2) is 0 Å². The molecule has 1 rings (SSSR count). The molecule has 1 aliphatic heterocycles. The molecule has 1 N–H and O–H groups in total. The lowest BCUT2D eigenvalue weighted by atomic mass is 9.96. The molecule has 0 aromatic carbocycles. The summed E-state index contributed by atoms with van der Waals surface area (Å²) in [5.74, 6) is -0.462. The Morgan fingerprint density at radius 2 is 1.91 bits per heavy atom. The van der Waals surface area contributed by atoms with E-state index in [2.05, 4.69) is 15.3 Å². The molecule has 0 aromatic rings. The zero-order chi connectivity index (χ0) is 16.5. The van der Waals surface area contributed by atoms with Crippen molar-refractivity contribution in [2.24, 2.45) is 5.11 Å². The second-order valence-corrected chi connectivity index (χ2v) is 4.62. The van der Waals surface area contributed by atoms with Crippen LogP contribution in [0.3, 0.4) is 0 Å². The van der Waals surface area contributed by atoms with Crippen LogP contribution in [0.2, 0.25) is 0 Å². The van der Waals surface area contributed by atoms with Crippen molar-refractivity contribution in [1.29, 1.82) is 0 Å². The van der Waals surface area contributed by atoms with Gasteiger partial charge in [0.25, 0.3) is 0 Å². The second-order valence-electron chi connectivity index (χ2n) is 4.62. The molecule has 0 aromatic heterocycles. The number of methoxy groups -OCH3 is 4. The first kappa shape index (κ1) is 18.6. The van der Waals surface area contributed by atoms with Crippen molar-refractivity contribution >= 4 is 5.91 Å². The number of carbonyl (C=O) groups excluding carboxylic acids is 1. The van der Waals surface area contributed by atoms with Gasteiger partial charge in [0.1, 0.15) is 30.9 Å². The van der Waals surface area contributed by atoms with Gasteiger partial charge < -0.3 is 29.0 Å². The summed E-state index contributed by atoms with van der Waals surface area (Å²) >= 11 is 0. The standard InChI is InChI=1S/C12H22N4O6/c1-18-6-7-10(19-2)11(20-3)9(12(21-4)22-7)15-8(17)5-14-16-13/h7,9-12H,5-6H2,1-4H3,(H,15,17). The van der Waals surface area contributed by atoms with Crippen molar-refractivity contribution in [1.82, 2.24) is 5.32 Å². The van der Waals surface area contributed by atoms with E-state index >= 15 is 0 Å². The van der Waals surface area contributed by atoms with E-state index in [9.17, 15) is 4.79 Å². The third-order valence-corrected chi connectivity index (χ3v) is 3.36. The molecule has 1 aliphatic rings. The number of hydrogen-bond donors (Lipinski definition) is 1. The number of nitrogens with one attached hydrogen (secondary N) is 1. The van der Waals surface area contributed by atoms with Crippen LogP contribution in [0.25, 0.3) is 10.4 Å². The maximum atomic E-state index is 11.8. The topological polar surface area (TPSA) is 124 Å². The maximum Gasteiger partial charge on any atom is 0.226 e. The van der Waals surface area contributed by atoms with Crippen molar-refractivity contribution in [3.63, 3.8) is 0 Å². The van der Waals surface area contributed by atoms with Gasteiger partial charge in [-0.3, -0.25) is 4.79 Å². The fraction of sp³-hybridized carbons (Fsp3) is 0.917. The van der Waals surface area contributed by atoms with Crippen molar-refractivity contribution in [3.05, 3.63) is 10.4 Å². The summed E-state index contributed by atoms with van der Waals surface area (Å²) in [6.45, 7) is -0.0311. The molecular weight excluding hydrogens is 296 g/mol. The third kappa shape index (κ3) is 4.54. The molecule has 5 atom stereocenters. The minimum absolute atomic E-state index is 0.289. The van der Waals surface area contributed by atoms with E-state index in [1.54, 1.807) is 7.11 Å². The number of hydrogen-bond acceptors (Lipinski definition) is 7. The quantitative estimate of drug-likeness (QED) is 0.376. The van der Waals surface area contributed by atoms with Crippen LogP contribution in [0.5, 0.6) is 0 Å². The van der Waals surface area contributed by atoms with Gasteiger partial charge in [0.05, 0.1) is 6.61 Å². The van der Waals surface area contributed by atoms with E-state index in [0.717, 1.165) is 0 Å². The first-order valence-corrected chi connectivity index (χ1v) is 6.65. The number of amides is 1. The fourth-order valence-corrected chi connectivity index (χ4v) is 2.45. The highest BCUT2D eigenvalue weighted by Gasteiger charge is 2.47. The Kier molecular flexibility index (Phi) is 8.10. The molecule has 0 spiro atoms. The number of ether oxygens (including phenoxy) is 5. The summed E-state index contributed by atoms with van der Waals surface area (Å²) in [7, 11) is 6.04. The SMILES string of the molecule is COCC1OC(OC)C(NC(=O)CN=[N+]=[N-])C(OC)C1OC. The van der Waals surface area contributed by atoms with Gasteiger partial charge in [-0.05, 0) is 5.53 Å². The highest BCUT2D eigenvalue weighted by Crippen LogP contribution is 2.26. The average molecular weight is 318 g/mol. The summed E-state index contributed by atoms with van der Waals surface area (Å²) in [6, 6.07) is -0.616. The molecule has 10 heteroatoms. The summed E-state index contributed by atoms with van der Waals surface area (Å²) in [6.07, 6.45) is -2.12. The Balaban J connectivity index is 2.90. The summed E-state index contributed by atoms with van der Waals surface area (Å²) in [4.78, 5) is 14.3. The van der Waals surface area contributed by atoms with E-state index in [1.165, 1.54) is 21.3 Å². The number of azide groups is 1.